The molecule has 0 radical (unpaired) electrons. The number of benzene rings is 1. The van der Waals surface area contributed by atoms with Gasteiger partial charge in [0, 0.05) is 29.2 Å². The third-order valence-electron chi connectivity index (χ3n) is 8.84. The SMILES string of the molecule is C=C(C)C1C(CC)=C(CC)SC2=C1c1cc(C)c(C)c(CC)c1N(C(=O)CN1C(=O)CCC1=O)C2(C)CC.CC. The maximum Gasteiger partial charge on any atom is 0.247 e. The Morgan fingerprint density at radius 2 is 1.65 bits per heavy atom. The van der Waals surface area contributed by atoms with Gasteiger partial charge in [0.2, 0.25) is 17.7 Å². The predicted molar refractivity (Wildman–Crippen MR) is 169 cm³/mol. The molecule has 218 valence electrons. The summed E-state index contributed by atoms with van der Waals surface area (Å²) in [6.45, 7) is 25.5. The van der Waals surface area contributed by atoms with Crippen molar-refractivity contribution < 1.29 is 14.4 Å². The van der Waals surface area contributed by atoms with Gasteiger partial charge in [0.05, 0.1) is 11.2 Å². The fourth-order valence-corrected chi connectivity index (χ4v) is 8.15. The summed E-state index contributed by atoms with van der Waals surface area (Å²) in [7, 11) is 0. The highest BCUT2D eigenvalue weighted by atomic mass is 32.2. The summed E-state index contributed by atoms with van der Waals surface area (Å²) in [6.07, 6.45) is 3.74. The number of imide groups is 1. The molecule has 0 spiro atoms. The van der Waals surface area contributed by atoms with E-state index in [-0.39, 0.29) is 43.0 Å². The maximum atomic E-state index is 14.3. The van der Waals surface area contributed by atoms with Gasteiger partial charge in [-0.15, -0.1) is 0 Å². The first-order valence-electron chi connectivity index (χ1n) is 15.1. The van der Waals surface area contributed by atoms with Crippen molar-refractivity contribution in [1.29, 1.82) is 0 Å². The molecule has 1 fully saturated rings. The smallest absolute Gasteiger partial charge is 0.247 e. The molecule has 1 aromatic carbocycles. The second-order valence-corrected chi connectivity index (χ2v) is 12.2. The molecule has 4 rings (SSSR count). The molecule has 5 nitrogen and oxygen atoms in total. The first-order valence-corrected chi connectivity index (χ1v) is 15.9. The Hall–Kier alpha value is -2.60. The summed E-state index contributed by atoms with van der Waals surface area (Å²) in [5.41, 5.74) is 8.82. The summed E-state index contributed by atoms with van der Waals surface area (Å²) in [4.78, 5) is 45.0. The van der Waals surface area contributed by atoms with E-state index in [1.54, 1.807) is 0 Å². The van der Waals surface area contributed by atoms with Crippen LogP contribution in [0.25, 0.3) is 5.57 Å². The van der Waals surface area contributed by atoms with Crippen molar-refractivity contribution in [1.82, 2.24) is 4.90 Å². The standard InChI is InChI=1S/C32H42N2O3S.C2H6/c1-10-21-20(8)19(7)16-23-29-28(18(5)6)22(11-2)24(12-3)38-31(29)32(9,13-4)34(30(21)23)27(37)17-33-25(35)14-15-26(33)36;1-2/h16,28H,5,10-15,17H2,1-4,6-9H3;1-2H3. The molecule has 2 unspecified atom stereocenters. The summed E-state index contributed by atoms with van der Waals surface area (Å²) < 4.78 is 0. The van der Waals surface area contributed by atoms with Gasteiger partial charge in [0.15, 0.2) is 0 Å². The van der Waals surface area contributed by atoms with Crippen LogP contribution in [0.15, 0.2) is 33.6 Å². The third kappa shape index (κ3) is 5.01. The topological polar surface area (TPSA) is 57.7 Å². The number of carbonyl (C=O) groups is 3. The molecular formula is C34H48N2O3S. The van der Waals surface area contributed by atoms with Gasteiger partial charge in [0.25, 0.3) is 0 Å². The fourth-order valence-electron chi connectivity index (χ4n) is 6.57. The normalized spacial score (nSPS) is 22.3. The Morgan fingerprint density at radius 3 is 2.12 bits per heavy atom. The maximum absolute atomic E-state index is 14.3. The van der Waals surface area contributed by atoms with E-state index in [9.17, 15) is 14.4 Å². The number of anilines is 1. The number of allylic oxidation sites excluding steroid dienone is 4. The highest BCUT2D eigenvalue weighted by molar-refractivity contribution is 8.07. The quantitative estimate of drug-likeness (QED) is 0.247. The first kappa shape index (κ1) is 31.9. The number of aryl methyl sites for hydroxylation is 1. The molecule has 6 heteroatoms. The van der Waals surface area contributed by atoms with Gasteiger partial charge in [-0.05, 0) is 92.2 Å². The second kappa shape index (κ2) is 12.5. The van der Waals surface area contributed by atoms with Crippen molar-refractivity contribution in [3.63, 3.8) is 0 Å². The van der Waals surface area contributed by atoms with Crippen LogP contribution in [0.4, 0.5) is 5.69 Å². The minimum absolute atomic E-state index is 0.0987. The molecule has 0 saturated carbocycles. The average molecular weight is 565 g/mol. The summed E-state index contributed by atoms with van der Waals surface area (Å²) in [5, 5.41) is 0. The Morgan fingerprint density at radius 1 is 1.05 bits per heavy atom. The highest BCUT2D eigenvalue weighted by Crippen LogP contribution is 2.60. The summed E-state index contributed by atoms with van der Waals surface area (Å²) in [6, 6.07) is 2.25. The molecule has 1 saturated heterocycles. The third-order valence-corrected chi connectivity index (χ3v) is 10.5. The number of rotatable bonds is 7. The van der Waals surface area contributed by atoms with Crippen molar-refractivity contribution in [2.24, 2.45) is 5.92 Å². The predicted octanol–water partition coefficient (Wildman–Crippen LogP) is 8.28. The molecule has 0 aliphatic carbocycles. The lowest BCUT2D eigenvalue weighted by molar-refractivity contribution is -0.142. The van der Waals surface area contributed by atoms with Gasteiger partial charge < -0.3 is 0 Å². The van der Waals surface area contributed by atoms with Crippen molar-refractivity contribution in [3.05, 3.63) is 55.9 Å². The number of fused-ring (bicyclic) bond motifs is 2. The van der Waals surface area contributed by atoms with E-state index in [1.807, 2.05) is 30.5 Å². The molecule has 3 amide bonds. The first-order chi connectivity index (χ1) is 19.0. The molecule has 40 heavy (non-hydrogen) atoms. The highest BCUT2D eigenvalue weighted by Gasteiger charge is 2.50. The van der Waals surface area contributed by atoms with Gasteiger partial charge in [-0.2, -0.15) is 0 Å². The van der Waals surface area contributed by atoms with E-state index >= 15 is 0 Å². The number of thioether (sulfide) groups is 1. The van der Waals surface area contributed by atoms with Crippen molar-refractivity contribution in [2.75, 3.05) is 11.4 Å². The van der Waals surface area contributed by atoms with Crippen molar-refractivity contribution in [2.45, 2.75) is 113 Å². The minimum Gasteiger partial charge on any atom is -0.299 e. The zero-order valence-corrected chi connectivity index (χ0v) is 27.2. The van der Waals surface area contributed by atoms with Gasteiger partial charge in [-0.3, -0.25) is 24.2 Å². The molecule has 0 bridgehead atoms. The molecule has 0 aromatic heterocycles. The molecule has 0 N–H and O–H groups in total. The zero-order chi connectivity index (χ0) is 30.1. The van der Waals surface area contributed by atoms with Crippen LogP contribution in [0, 0.1) is 19.8 Å². The monoisotopic (exact) mass is 564 g/mol. The van der Waals surface area contributed by atoms with E-state index in [0.717, 1.165) is 46.5 Å². The van der Waals surface area contributed by atoms with Crippen molar-refractivity contribution >= 4 is 40.7 Å². The molecule has 3 aliphatic rings. The largest absolute Gasteiger partial charge is 0.299 e. The van der Waals surface area contributed by atoms with Crippen molar-refractivity contribution in [3.8, 4) is 0 Å². The van der Waals surface area contributed by atoms with Crippen LogP contribution < -0.4 is 4.90 Å². The lowest BCUT2D eigenvalue weighted by Crippen LogP contribution is -2.57. The van der Waals surface area contributed by atoms with Crippen LogP contribution in [0.5, 0.6) is 0 Å². The van der Waals surface area contributed by atoms with Crippen LogP contribution in [0.1, 0.15) is 110 Å². The number of carbonyl (C=O) groups excluding carboxylic acids is 3. The summed E-state index contributed by atoms with van der Waals surface area (Å²) >= 11 is 1.83. The Kier molecular flexibility index (Phi) is 9.98. The van der Waals surface area contributed by atoms with Crippen LogP contribution in [0.3, 0.4) is 0 Å². The van der Waals surface area contributed by atoms with Gasteiger partial charge in [0.1, 0.15) is 6.54 Å². The summed E-state index contributed by atoms with van der Waals surface area (Å²) in [5.74, 6) is -0.610. The van der Waals surface area contributed by atoms with E-state index in [2.05, 4.69) is 68.0 Å². The number of hydrogen-bond donors (Lipinski definition) is 0. The van der Waals surface area contributed by atoms with E-state index in [0.29, 0.717) is 6.42 Å². The molecule has 2 atom stereocenters. The Bertz CT molecular complexity index is 1290. The van der Waals surface area contributed by atoms with Crippen LogP contribution in [-0.4, -0.2) is 34.7 Å². The van der Waals surface area contributed by atoms with Gasteiger partial charge in [-0.25, -0.2) is 0 Å². The van der Waals surface area contributed by atoms with E-state index < -0.39 is 5.54 Å². The molecule has 1 aromatic rings. The van der Waals surface area contributed by atoms with Crippen LogP contribution in [-0.2, 0) is 20.8 Å². The molecule has 3 heterocycles. The number of amides is 3. The lowest BCUT2D eigenvalue weighted by Gasteiger charge is -2.52. The zero-order valence-electron chi connectivity index (χ0n) is 26.3. The minimum atomic E-state index is -0.616. The Balaban J connectivity index is 0.00000216. The van der Waals surface area contributed by atoms with Gasteiger partial charge >= 0.3 is 0 Å². The van der Waals surface area contributed by atoms with Crippen LogP contribution in [0.2, 0.25) is 0 Å². The lowest BCUT2D eigenvalue weighted by atomic mass is 9.72. The average Bonchev–Trinajstić information content (AvgIpc) is 3.26. The van der Waals surface area contributed by atoms with E-state index in [4.69, 9.17) is 0 Å². The Labute approximate surface area is 246 Å². The molecule has 3 aliphatic heterocycles. The van der Waals surface area contributed by atoms with Crippen LogP contribution >= 0.6 is 11.8 Å². The number of likely N-dealkylation sites (tertiary alicyclic amines) is 1. The number of hydrogen-bond acceptors (Lipinski definition) is 4. The second-order valence-electron chi connectivity index (χ2n) is 11.1. The molecular weight excluding hydrogens is 516 g/mol. The van der Waals surface area contributed by atoms with E-state index in [1.165, 1.54) is 32.1 Å². The number of nitrogens with zero attached hydrogens (tertiary/aromatic N) is 2. The fraction of sp³-hybridized carbons (Fsp3) is 0.559. The van der Waals surface area contributed by atoms with Gasteiger partial charge in [-0.1, -0.05) is 65.5 Å².